The summed E-state index contributed by atoms with van der Waals surface area (Å²) < 4.78 is 18.5. The highest BCUT2D eigenvalue weighted by atomic mass is 35.5. The third-order valence-corrected chi connectivity index (χ3v) is 3.30. The molecule has 1 aliphatic rings. The number of esters is 1. The van der Waals surface area contributed by atoms with E-state index in [1.807, 2.05) is 0 Å². The number of hydrogen-bond acceptors (Lipinski definition) is 2. The number of carbonyl (C=O) groups excluding carboxylic acids is 1. The fraction of sp³-hybridized carbons (Fsp3) is 0.417. The van der Waals surface area contributed by atoms with E-state index < -0.39 is 5.82 Å². The van der Waals surface area contributed by atoms with Crippen molar-refractivity contribution in [2.75, 3.05) is 7.11 Å². The maximum absolute atomic E-state index is 13.7. The molecule has 86 valence electrons. The van der Waals surface area contributed by atoms with Crippen molar-refractivity contribution in [1.29, 1.82) is 0 Å². The van der Waals surface area contributed by atoms with E-state index in [2.05, 4.69) is 0 Å². The third kappa shape index (κ3) is 1.80. The monoisotopic (exact) mass is 242 g/mol. The van der Waals surface area contributed by atoms with Gasteiger partial charge in [-0.05, 0) is 36.5 Å². The first-order chi connectivity index (χ1) is 7.65. The Balaban J connectivity index is 2.47. The topological polar surface area (TPSA) is 26.3 Å². The van der Waals surface area contributed by atoms with Gasteiger partial charge in [0.05, 0.1) is 18.1 Å². The lowest BCUT2D eigenvalue weighted by atomic mass is 9.82. The number of benzene rings is 1. The second-order valence-electron chi connectivity index (χ2n) is 3.90. The molecule has 0 heterocycles. The summed E-state index contributed by atoms with van der Waals surface area (Å²) >= 11 is 5.72. The fourth-order valence-corrected chi connectivity index (χ4v) is 2.39. The summed E-state index contributed by atoms with van der Waals surface area (Å²) in [6.07, 6.45) is 2.12. The Hall–Kier alpha value is -1.09. The van der Waals surface area contributed by atoms with Crippen LogP contribution in [0.5, 0.6) is 0 Å². The Morgan fingerprint density at radius 2 is 2.31 bits per heavy atom. The van der Waals surface area contributed by atoms with Gasteiger partial charge in [-0.2, -0.15) is 0 Å². The average Bonchev–Trinajstić information content (AvgIpc) is 2.32. The van der Waals surface area contributed by atoms with Crippen molar-refractivity contribution in [2.45, 2.75) is 25.2 Å². The molecule has 2 rings (SSSR count). The lowest BCUT2D eigenvalue weighted by molar-refractivity contribution is -0.142. The van der Waals surface area contributed by atoms with Crippen molar-refractivity contribution in [1.82, 2.24) is 0 Å². The number of fused-ring (bicyclic) bond motifs is 1. The molecule has 1 aromatic rings. The molecule has 0 saturated carbocycles. The first-order valence-corrected chi connectivity index (χ1v) is 5.57. The summed E-state index contributed by atoms with van der Waals surface area (Å²) in [5.41, 5.74) is 1.29. The number of methoxy groups -OCH3 is 1. The van der Waals surface area contributed by atoms with Crippen LogP contribution in [0.15, 0.2) is 12.1 Å². The summed E-state index contributed by atoms with van der Waals surface area (Å²) in [6, 6.07) is 3.22. The minimum atomic E-state index is -0.396. The van der Waals surface area contributed by atoms with Crippen molar-refractivity contribution in [2.24, 2.45) is 0 Å². The largest absolute Gasteiger partial charge is 0.469 e. The summed E-state index contributed by atoms with van der Waals surface area (Å²) in [5.74, 6) is -1.05. The lowest BCUT2D eigenvalue weighted by Gasteiger charge is -2.24. The van der Waals surface area contributed by atoms with Gasteiger partial charge in [-0.25, -0.2) is 4.39 Å². The second-order valence-corrected chi connectivity index (χ2v) is 4.30. The van der Waals surface area contributed by atoms with Crippen molar-refractivity contribution in [3.8, 4) is 0 Å². The Morgan fingerprint density at radius 3 is 3.00 bits per heavy atom. The van der Waals surface area contributed by atoms with Gasteiger partial charge in [0.15, 0.2) is 0 Å². The molecule has 0 N–H and O–H groups in total. The van der Waals surface area contributed by atoms with Gasteiger partial charge >= 0.3 is 5.97 Å². The van der Waals surface area contributed by atoms with Crippen molar-refractivity contribution in [3.05, 3.63) is 34.1 Å². The van der Waals surface area contributed by atoms with E-state index in [-0.39, 0.29) is 16.9 Å². The zero-order valence-corrected chi connectivity index (χ0v) is 9.68. The van der Waals surface area contributed by atoms with Gasteiger partial charge < -0.3 is 4.74 Å². The van der Waals surface area contributed by atoms with Crippen molar-refractivity contribution in [3.63, 3.8) is 0 Å². The van der Waals surface area contributed by atoms with Crippen molar-refractivity contribution < 1.29 is 13.9 Å². The molecule has 1 atom stereocenters. The van der Waals surface area contributed by atoms with Crippen LogP contribution in [-0.2, 0) is 16.0 Å². The molecule has 0 saturated heterocycles. The van der Waals surface area contributed by atoms with E-state index in [1.54, 1.807) is 6.07 Å². The van der Waals surface area contributed by atoms with Crippen LogP contribution in [0.2, 0.25) is 5.02 Å². The lowest BCUT2D eigenvalue weighted by Crippen LogP contribution is -2.20. The molecule has 0 aliphatic heterocycles. The highest BCUT2D eigenvalue weighted by Gasteiger charge is 2.29. The van der Waals surface area contributed by atoms with Gasteiger partial charge in [-0.1, -0.05) is 17.7 Å². The van der Waals surface area contributed by atoms with Crippen molar-refractivity contribution >= 4 is 17.6 Å². The summed E-state index contributed by atoms with van der Waals surface area (Å²) in [6.45, 7) is 0. The molecule has 16 heavy (non-hydrogen) atoms. The highest BCUT2D eigenvalue weighted by Crippen LogP contribution is 2.35. The number of rotatable bonds is 1. The molecule has 1 aliphatic carbocycles. The smallest absolute Gasteiger partial charge is 0.313 e. The minimum Gasteiger partial charge on any atom is -0.469 e. The van der Waals surface area contributed by atoms with Gasteiger partial charge in [0.2, 0.25) is 0 Å². The number of carbonyl (C=O) groups is 1. The van der Waals surface area contributed by atoms with Crippen LogP contribution in [0, 0.1) is 5.82 Å². The maximum Gasteiger partial charge on any atom is 0.313 e. The molecular weight excluding hydrogens is 231 g/mol. The van der Waals surface area contributed by atoms with Crippen LogP contribution in [0.3, 0.4) is 0 Å². The van der Waals surface area contributed by atoms with E-state index in [9.17, 15) is 9.18 Å². The number of hydrogen-bond donors (Lipinski definition) is 0. The first kappa shape index (κ1) is 11.4. The Morgan fingerprint density at radius 1 is 1.56 bits per heavy atom. The Labute approximate surface area is 98.4 Å². The van der Waals surface area contributed by atoms with Crippen LogP contribution in [-0.4, -0.2) is 13.1 Å². The zero-order chi connectivity index (χ0) is 11.7. The van der Waals surface area contributed by atoms with E-state index in [0.717, 1.165) is 12.0 Å². The molecule has 0 aromatic heterocycles. The van der Waals surface area contributed by atoms with E-state index in [0.29, 0.717) is 18.4 Å². The normalized spacial score (nSPS) is 19.1. The third-order valence-electron chi connectivity index (χ3n) is 3.01. The van der Waals surface area contributed by atoms with Gasteiger partial charge in [0, 0.05) is 0 Å². The van der Waals surface area contributed by atoms with E-state index in [1.165, 1.54) is 13.2 Å². The molecule has 0 radical (unpaired) electrons. The van der Waals surface area contributed by atoms with Crippen LogP contribution in [0.25, 0.3) is 0 Å². The molecule has 0 fully saturated rings. The molecule has 0 bridgehead atoms. The van der Waals surface area contributed by atoms with Crippen LogP contribution in [0.4, 0.5) is 4.39 Å². The molecule has 4 heteroatoms. The van der Waals surface area contributed by atoms with Gasteiger partial charge in [-0.15, -0.1) is 0 Å². The number of ether oxygens (including phenoxy) is 1. The Bertz CT molecular complexity index is 431. The molecule has 0 amide bonds. The van der Waals surface area contributed by atoms with Crippen LogP contribution in [0.1, 0.15) is 29.9 Å². The molecule has 0 spiro atoms. The quantitative estimate of drug-likeness (QED) is 0.708. The van der Waals surface area contributed by atoms with Crippen LogP contribution < -0.4 is 0 Å². The van der Waals surface area contributed by atoms with E-state index >= 15 is 0 Å². The summed E-state index contributed by atoms with van der Waals surface area (Å²) in [7, 11) is 1.35. The molecule has 1 aromatic carbocycles. The average molecular weight is 243 g/mol. The number of halogens is 2. The predicted octanol–water partition coefficient (Wildman–Crippen LogP) is 3.07. The minimum absolute atomic E-state index is 0.115. The summed E-state index contributed by atoms with van der Waals surface area (Å²) in [4.78, 5) is 11.5. The highest BCUT2D eigenvalue weighted by molar-refractivity contribution is 6.30. The van der Waals surface area contributed by atoms with E-state index in [4.69, 9.17) is 16.3 Å². The molecular formula is C12H12ClFO2. The maximum atomic E-state index is 13.7. The Kier molecular flexibility index (Phi) is 3.15. The van der Waals surface area contributed by atoms with Gasteiger partial charge in [0.25, 0.3) is 0 Å². The SMILES string of the molecule is COC(=O)C1CCCc2c1ccc(Cl)c2F. The fourth-order valence-electron chi connectivity index (χ4n) is 2.21. The van der Waals surface area contributed by atoms with Gasteiger partial charge in [0.1, 0.15) is 5.82 Å². The van der Waals surface area contributed by atoms with Gasteiger partial charge in [-0.3, -0.25) is 4.79 Å². The second kappa shape index (κ2) is 4.42. The first-order valence-electron chi connectivity index (χ1n) is 5.19. The zero-order valence-electron chi connectivity index (χ0n) is 8.93. The summed E-state index contributed by atoms with van der Waals surface area (Å²) in [5, 5.41) is 0.115. The standard InChI is InChI=1S/C12H12ClFO2/c1-16-12(15)9-4-2-3-8-7(9)5-6-10(13)11(8)14/h5-6,9H,2-4H2,1H3. The molecule has 2 nitrogen and oxygen atoms in total. The predicted molar refractivity (Wildman–Crippen MR) is 59.1 cm³/mol. The van der Waals surface area contributed by atoms with Crippen LogP contribution >= 0.6 is 11.6 Å². The molecule has 1 unspecified atom stereocenters.